The maximum absolute atomic E-state index is 11.6. The minimum atomic E-state index is -0.894. The molecular formula is C12H17NO3S2. The zero-order valence-corrected chi connectivity index (χ0v) is 12.0. The molecule has 18 heavy (non-hydrogen) atoms. The van der Waals surface area contributed by atoms with E-state index in [0.29, 0.717) is 5.75 Å². The van der Waals surface area contributed by atoms with Crippen LogP contribution in [0.25, 0.3) is 0 Å². The highest BCUT2D eigenvalue weighted by atomic mass is 32.2. The molecule has 1 rings (SSSR count). The minimum absolute atomic E-state index is 0.114. The Hall–Kier alpha value is -1.01. The first kappa shape index (κ1) is 15.0. The molecule has 0 radical (unpaired) electrons. The number of aliphatic carboxylic acids is 1. The van der Waals surface area contributed by atoms with Crippen molar-refractivity contribution in [1.29, 1.82) is 0 Å². The van der Waals surface area contributed by atoms with Crippen LogP contribution >= 0.6 is 23.1 Å². The van der Waals surface area contributed by atoms with Gasteiger partial charge in [-0.05, 0) is 25.3 Å². The van der Waals surface area contributed by atoms with E-state index in [1.54, 1.807) is 25.2 Å². The van der Waals surface area contributed by atoms with E-state index in [-0.39, 0.29) is 11.9 Å². The standard InChI is InChI=1S/C12H17NO3S2/c1-8(12(15)16)9(2)13-11(14)7-17-6-10-4-3-5-18-10/h3-5,8-9H,6-7H2,1-2H3,(H,13,14)(H,15,16). The van der Waals surface area contributed by atoms with E-state index in [1.807, 2.05) is 17.5 Å². The lowest BCUT2D eigenvalue weighted by molar-refractivity contribution is -0.142. The molecule has 100 valence electrons. The summed E-state index contributed by atoms with van der Waals surface area (Å²) in [6.07, 6.45) is 0. The lowest BCUT2D eigenvalue weighted by Gasteiger charge is -2.17. The number of carbonyl (C=O) groups excluding carboxylic acids is 1. The number of rotatable bonds is 7. The third-order valence-corrected chi connectivity index (χ3v) is 4.63. The van der Waals surface area contributed by atoms with Crippen molar-refractivity contribution in [1.82, 2.24) is 5.32 Å². The van der Waals surface area contributed by atoms with Gasteiger partial charge in [-0.2, -0.15) is 0 Å². The zero-order chi connectivity index (χ0) is 13.5. The molecule has 0 saturated carbocycles. The Bertz CT molecular complexity index is 392. The van der Waals surface area contributed by atoms with E-state index in [2.05, 4.69) is 5.32 Å². The van der Waals surface area contributed by atoms with Crippen molar-refractivity contribution in [3.63, 3.8) is 0 Å². The first-order chi connectivity index (χ1) is 8.50. The van der Waals surface area contributed by atoms with Crippen LogP contribution in [0.3, 0.4) is 0 Å². The maximum Gasteiger partial charge on any atom is 0.308 e. The van der Waals surface area contributed by atoms with Crippen molar-refractivity contribution in [2.75, 3.05) is 5.75 Å². The maximum atomic E-state index is 11.6. The predicted octanol–water partition coefficient (Wildman–Crippen LogP) is 2.21. The molecule has 1 aromatic rings. The topological polar surface area (TPSA) is 66.4 Å². The fraction of sp³-hybridized carbons (Fsp3) is 0.500. The van der Waals surface area contributed by atoms with Gasteiger partial charge >= 0.3 is 5.97 Å². The summed E-state index contributed by atoms with van der Waals surface area (Å²) in [5.41, 5.74) is 0. The highest BCUT2D eigenvalue weighted by Gasteiger charge is 2.20. The van der Waals surface area contributed by atoms with Crippen LogP contribution in [-0.4, -0.2) is 28.8 Å². The molecular weight excluding hydrogens is 270 g/mol. The third kappa shape index (κ3) is 5.10. The van der Waals surface area contributed by atoms with Gasteiger partial charge in [-0.3, -0.25) is 9.59 Å². The zero-order valence-electron chi connectivity index (χ0n) is 10.4. The van der Waals surface area contributed by atoms with Crippen LogP contribution in [0.5, 0.6) is 0 Å². The molecule has 1 aromatic heterocycles. The van der Waals surface area contributed by atoms with Gasteiger partial charge in [-0.25, -0.2) is 0 Å². The van der Waals surface area contributed by atoms with Crippen LogP contribution in [0.15, 0.2) is 17.5 Å². The predicted molar refractivity (Wildman–Crippen MR) is 74.9 cm³/mol. The highest BCUT2D eigenvalue weighted by Crippen LogP contribution is 2.16. The Kier molecular flexibility index (Phi) is 6.21. The van der Waals surface area contributed by atoms with Gasteiger partial charge in [0.25, 0.3) is 0 Å². The number of carbonyl (C=O) groups is 2. The van der Waals surface area contributed by atoms with E-state index in [9.17, 15) is 9.59 Å². The molecule has 4 nitrogen and oxygen atoms in total. The number of thiophene rings is 1. The van der Waals surface area contributed by atoms with Crippen molar-refractivity contribution >= 4 is 35.0 Å². The average molecular weight is 287 g/mol. The normalized spacial score (nSPS) is 13.9. The van der Waals surface area contributed by atoms with Crippen LogP contribution < -0.4 is 5.32 Å². The van der Waals surface area contributed by atoms with Crippen LogP contribution in [-0.2, 0) is 15.3 Å². The summed E-state index contributed by atoms with van der Waals surface area (Å²) in [6.45, 7) is 3.30. The van der Waals surface area contributed by atoms with Gasteiger partial charge in [0.1, 0.15) is 0 Å². The smallest absolute Gasteiger partial charge is 0.308 e. The number of nitrogens with one attached hydrogen (secondary N) is 1. The second kappa shape index (κ2) is 7.43. The summed E-state index contributed by atoms with van der Waals surface area (Å²) in [5.74, 6) is -0.412. The second-order valence-electron chi connectivity index (χ2n) is 4.06. The lowest BCUT2D eigenvalue weighted by atomic mass is 10.0. The molecule has 6 heteroatoms. The molecule has 0 saturated heterocycles. The summed E-state index contributed by atoms with van der Waals surface area (Å²) in [7, 11) is 0. The van der Waals surface area contributed by atoms with E-state index in [1.165, 1.54) is 16.6 Å². The van der Waals surface area contributed by atoms with E-state index >= 15 is 0 Å². The number of amides is 1. The van der Waals surface area contributed by atoms with Gasteiger partial charge in [-0.1, -0.05) is 6.07 Å². The summed E-state index contributed by atoms with van der Waals surface area (Å²) >= 11 is 3.20. The Labute approximate surface area is 115 Å². The van der Waals surface area contributed by atoms with Gasteiger partial charge in [0.2, 0.25) is 5.91 Å². The molecule has 1 heterocycles. The summed E-state index contributed by atoms with van der Waals surface area (Å²) < 4.78 is 0. The monoisotopic (exact) mass is 287 g/mol. The number of carboxylic acid groups (broad SMARTS) is 1. The fourth-order valence-electron chi connectivity index (χ4n) is 1.27. The molecule has 0 fully saturated rings. The van der Waals surface area contributed by atoms with Gasteiger partial charge in [0, 0.05) is 16.7 Å². The molecule has 0 aliphatic heterocycles. The first-order valence-electron chi connectivity index (χ1n) is 5.63. The summed E-state index contributed by atoms with van der Waals surface area (Å²) in [5, 5.41) is 13.5. The first-order valence-corrected chi connectivity index (χ1v) is 7.66. The third-order valence-electron chi connectivity index (χ3n) is 2.59. The largest absolute Gasteiger partial charge is 0.481 e. The van der Waals surface area contributed by atoms with Crippen molar-refractivity contribution in [3.05, 3.63) is 22.4 Å². The van der Waals surface area contributed by atoms with Gasteiger partial charge < -0.3 is 10.4 Å². The number of thioether (sulfide) groups is 1. The minimum Gasteiger partial charge on any atom is -0.481 e. The Balaban J connectivity index is 2.23. The molecule has 2 atom stereocenters. The Morgan fingerprint density at radius 2 is 2.22 bits per heavy atom. The van der Waals surface area contributed by atoms with Gasteiger partial charge in [0.05, 0.1) is 11.7 Å². The van der Waals surface area contributed by atoms with Crippen molar-refractivity contribution in [2.24, 2.45) is 5.92 Å². The highest BCUT2D eigenvalue weighted by molar-refractivity contribution is 7.99. The Morgan fingerprint density at radius 3 is 2.78 bits per heavy atom. The van der Waals surface area contributed by atoms with E-state index in [0.717, 1.165) is 5.75 Å². The SMILES string of the molecule is CC(NC(=O)CSCc1cccs1)C(C)C(=O)O. The van der Waals surface area contributed by atoms with Crippen molar-refractivity contribution < 1.29 is 14.7 Å². The average Bonchev–Trinajstić information content (AvgIpc) is 2.80. The summed E-state index contributed by atoms with van der Waals surface area (Å²) in [6, 6.07) is 3.67. The van der Waals surface area contributed by atoms with Crippen LogP contribution in [0.4, 0.5) is 0 Å². The molecule has 1 amide bonds. The molecule has 2 N–H and O–H groups in total. The fourth-order valence-corrected chi connectivity index (χ4v) is 2.95. The Morgan fingerprint density at radius 1 is 1.50 bits per heavy atom. The number of carboxylic acids is 1. The van der Waals surface area contributed by atoms with Crippen molar-refractivity contribution in [2.45, 2.75) is 25.6 Å². The quantitative estimate of drug-likeness (QED) is 0.807. The van der Waals surface area contributed by atoms with Crippen LogP contribution in [0.2, 0.25) is 0 Å². The van der Waals surface area contributed by atoms with Crippen molar-refractivity contribution in [3.8, 4) is 0 Å². The number of hydrogen-bond acceptors (Lipinski definition) is 4. The summed E-state index contributed by atoms with van der Waals surface area (Å²) in [4.78, 5) is 23.6. The lowest BCUT2D eigenvalue weighted by Crippen LogP contribution is -2.40. The molecule has 0 bridgehead atoms. The second-order valence-corrected chi connectivity index (χ2v) is 6.07. The molecule has 0 aromatic carbocycles. The molecule has 0 aliphatic rings. The van der Waals surface area contributed by atoms with Gasteiger partial charge in [0.15, 0.2) is 0 Å². The molecule has 2 unspecified atom stereocenters. The molecule has 0 spiro atoms. The van der Waals surface area contributed by atoms with Gasteiger partial charge in [-0.15, -0.1) is 23.1 Å². The molecule has 0 aliphatic carbocycles. The van der Waals surface area contributed by atoms with E-state index < -0.39 is 11.9 Å². The van der Waals surface area contributed by atoms with Crippen LogP contribution in [0.1, 0.15) is 18.7 Å². The number of hydrogen-bond donors (Lipinski definition) is 2. The van der Waals surface area contributed by atoms with E-state index in [4.69, 9.17) is 5.11 Å². The van der Waals surface area contributed by atoms with Crippen LogP contribution in [0, 0.1) is 5.92 Å².